The van der Waals surface area contributed by atoms with Gasteiger partial charge in [0.15, 0.2) is 0 Å². The van der Waals surface area contributed by atoms with Crippen LogP contribution in [0.5, 0.6) is 0 Å². The zero-order valence-corrected chi connectivity index (χ0v) is 21.5. The van der Waals surface area contributed by atoms with Crippen LogP contribution in [-0.4, -0.2) is 38.7 Å². The van der Waals surface area contributed by atoms with Gasteiger partial charge in [0, 0.05) is 23.5 Å². The Balaban J connectivity index is 1.40. The Labute approximate surface area is 227 Å². The number of aromatic carboxylic acids is 1. The summed E-state index contributed by atoms with van der Waals surface area (Å²) >= 11 is 7.51. The maximum Gasteiger partial charge on any atom is 0.419 e. The topological polar surface area (TPSA) is 86.7 Å². The molecule has 1 aromatic heterocycles. The third-order valence-corrected chi connectivity index (χ3v) is 7.61. The molecule has 0 aliphatic carbocycles. The van der Waals surface area contributed by atoms with Gasteiger partial charge in [0.05, 0.1) is 16.0 Å². The van der Waals surface area contributed by atoms with Crippen LogP contribution in [0, 0.1) is 5.82 Å². The maximum absolute atomic E-state index is 13.6. The number of halogens is 4. The van der Waals surface area contributed by atoms with Crippen molar-refractivity contribution in [2.75, 3.05) is 11.9 Å². The highest BCUT2D eigenvalue weighted by molar-refractivity contribution is 8.26. The molecular formula is C25H16F4N2O4S3. The van der Waals surface area contributed by atoms with Crippen LogP contribution >= 0.6 is 35.3 Å². The van der Waals surface area contributed by atoms with E-state index in [2.05, 4.69) is 5.32 Å². The third-order valence-electron chi connectivity index (χ3n) is 5.35. The molecule has 1 fully saturated rings. The highest BCUT2D eigenvalue weighted by Crippen LogP contribution is 2.37. The molecule has 3 aromatic rings. The van der Waals surface area contributed by atoms with Gasteiger partial charge >= 0.3 is 12.1 Å². The molecule has 0 bridgehead atoms. The number of carboxylic acids is 1. The number of carboxylic acid groups (broad SMARTS) is 1. The molecule has 2 aromatic carbocycles. The molecule has 196 valence electrons. The van der Waals surface area contributed by atoms with E-state index in [4.69, 9.17) is 17.3 Å². The van der Waals surface area contributed by atoms with E-state index in [1.54, 1.807) is 17.5 Å². The molecule has 4 rings (SSSR count). The van der Waals surface area contributed by atoms with Crippen LogP contribution in [0.1, 0.15) is 27.2 Å². The van der Waals surface area contributed by atoms with E-state index >= 15 is 0 Å². The molecule has 38 heavy (non-hydrogen) atoms. The van der Waals surface area contributed by atoms with Crippen molar-refractivity contribution >= 4 is 69.2 Å². The summed E-state index contributed by atoms with van der Waals surface area (Å²) in [7, 11) is 0. The number of nitrogens with one attached hydrogen (secondary N) is 1. The summed E-state index contributed by atoms with van der Waals surface area (Å²) in [6.07, 6.45) is -3.32. The smallest absolute Gasteiger partial charge is 0.419 e. The highest BCUT2D eigenvalue weighted by Gasteiger charge is 2.34. The van der Waals surface area contributed by atoms with Crippen molar-refractivity contribution in [2.24, 2.45) is 0 Å². The van der Waals surface area contributed by atoms with Crippen molar-refractivity contribution < 1.29 is 37.1 Å². The number of hydrogen-bond acceptors (Lipinski definition) is 6. The van der Waals surface area contributed by atoms with Crippen LogP contribution < -0.4 is 5.32 Å². The number of thiocarbonyl (C=S) groups is 1. The first kappa shape index (κ1) is 27.5. The van der Waals surface area contributed by atoms with Crippen molar-refractivity contribution in [1.29, 1.82) is 0 Å². The van der Waals surface area contributed by atoms with E-state index in [1.807, 2.05) is 0 Å². The minimum absolute atomic E-state index is 0.0204. The summed E-state index contributed by atoms with van der Waals surface area (Å²) in [5.41, 5.74) is -0.248. The Morgan fingerprint density at radius 2 is 1.79 bits per heavy atom. The summed E-state index contributed by atoms with van der Waals surface area (Å²) in [6.45, 7) is 0.0204. The Bertz CT molecular complexity index is 1470. The number of benzene rings is 2. The van der Waals surface area contributed by atoms with Crippen LogP contribution in [0.3, 0.4) is 0 Å². The average molecular weight is 581 g/mol. The average Bonchev–Trinajstić information content (AvgIpc) is 3.42. The SMILES string of the molecule is O=C(CCN1C(=O)/C(=C/c2cc(-c3ccc(F)c(C(F)(F)F)c3)cs2)SC1=S)Nc1ccc(C(=O)O)cc1. The van der Waals surface area contributed by atoms with Crippen LogP contribution in [0.4, 0.5) is 23.2 Å². The fraction of sp³-hybridized carbons (Fsp3) is 0.120. The number of alkyl halides is 3. The van der Waals surface area contributed by atoms with Gasteiger partial charge in [0.1, 0.15) is 10.1 Å². The third kappa shape index (κ3) is 6.29. The number of hydrogen-bond donors (Lipinski definition) is 2. The number of anilines is 1. The first-order valence-corrected chi connectivity index (χ1v) is 12.9. The molecular weight excluding hydrogens is 564 g/mol. The molecule has 1 aliphatic heterocycles. The van der Waals surface area contributed by atoms with Crippen LogP contribution in [-0.2, 0) is 15.8 Å². The lowest BCUT2D eigenvalue weighted by Gasteiger charge is -2.14. The Morgan fingerprint density at radius 3 is 2.45 bits per heavy atom. The van der Waals surface area contributed by atoms with Crippen LogP contribution in [0.25, 0.3) is 17.2 Å². The number of rotatable bonds is 7. The number of carbonyl (C=O) groups excluding carboxylic acids is 2. The molecule has 0 radical (unpaired) electrons. The van der Waals surface area contributed by atoms with Gasteiger partial charge in [-0.25, -0.2) is 9.18 Å². The van der Waals surface area contributed by atoms with Gasteiger partial charge in [-0.1, -0.05) is 30.0 Å². The zero-order valence-electron chi connectivity index (χ0n) is 19.0. The second kappa shape index (κ2) is 11.1. The number of thiophene rings is 1. The molecule has 1 aliphatic rings. The molecule has 0 saturated carbocycles. The molecule has 1 saturated heterocycles. The van der Waals surface area contributed by atoms with E-state index in [0.29, 0.717) is 21.0 Å². The van der Waals surface area contributed by atoms with Gasteiger partial charge in [0.25, 0.3) is 5.91 Å². The van der Waals surface area contributed by atoms with Crippen molar-refractivity contribution in [3.63, 3.8) is 0 Å². The van der Waals surface area contributed by atoms with Crippen molar-refractivity contribution in [3.05, 3.63) is 80.6 Å². The number of nitrogens with zero attached hydrogens (tertiary/aromatic N) is 1. The Kier molecular flexibility index (Phi) is 7.99. The molecule has 2 amide bonds. The van der Waals surface area contributed by atoms with Gasteiger partial charge in [-0.05, 0) is 65.0 Å². The summed E-state index contributed by atoms with van der Waals surface area (Å²) in [4.78, 5) is 38.2. The van der Waals surface area contributed by atoms with Crippen molar-refractivity contribution in [3.8, 4) is 11.1 Å². The van der Waals surface area contributed by atoms with Crippen molar-refractivity contribution in [1.82, 2.24) is 4.90 Å². The summed E-state index contributed by atoms with van der Waals surface area (Å²) in [5.74, 6) is -3.25. The Morgan fingerprint density at radius 1 is 1.08 bits per heavy atom. The standard InChI is InChI=1S/C25H16F4N2O4S3/c26-19-6-3-14(10-18(19)25(27,28)29)15-9-17(37-12-15)11-20-22(33)31(24(36)38-20)8-7-21(32)30-16-4-1-13(2-5-16)23(34)35/h1-6,9-12H,7-8H2,(H,30,32)(H,34,35)/b20-11-. The maximum atomic E-state index is 13.6. The lowest BCUT2D eigenvalue weighted by Crippen LogP contribution is -2.31. The molecule has 0 spiro atoms. The fourth-order valence-electron chi connectivity index (χ4n) is 3.46. The first-order chi connectivity index (χ1) is 17.9. The minimum Gasteiger partial charge on any atom is -0.478 e. The number of carbonyl (C=O) groups is 3. The lowest BCUT2D eigenvalue weighted by molar-refractivity contribution is -0.140. The monoisotopic (exact) mass is 580 g/mol. The molecule has 2 heterocycles. The quantitative estimate of drug-likeness (QED) is 0.189. The number of amides is 2. The van der Waals surface area contributed by atoms with Gasteiger partial charge in [0.2, 0.25) is 5.91 Å². The lowest BCUT2D eigenvalue weighted by atomic mass is 10.0. The normalized spacial score (nSPS) is 14.8. The van der Waals surface area contributed by atoms with E-state index in [0.717, 1.165) is 23.9 Å². The molecule has 0 unspecified atom stereocenters. The first-order valence-electron chi connectivity index (χ1n) is 10.8. The fourth-order valence-corrected chi connectivity index (χ4v) is 5.68. The molecule has 6 nitrogen and oxygen atoms in total. The Hall–Kier alpha value is -3.55. The van der Waals surface area contributed by atoms with Gasteiger partial charge in [-0.2, -0.15) is 13.2 Å². The summed E-state index contributed by atoms with van der Waals surface area (Å²) in [6, 6.07) is 9.96. The molecule has 0 atom stereocenters. The van der Waals surface area contributed by atoms with Gasteiger partial charge < -0.3 is 10.4 Å². The predicted molar refractivity (Wildman–Crippen MR) is 141 cm³/mol. The van der Waals surface area contributed by atoms with E-state index in [1.165, 1.54) is 46.6 Å². The highest BCUT2D eigenvalue weighted by atomic mass is 32.2. The summed E-state index contributed by atoms with van der Waals surface area (Å²) in [5, 5.41) is 13.2. The van der Waals surface area contributed by atoms with Crippen LogP contribution in [0.15, 0.2) is 58.8 Å². The minimum atomic E-state index is -4.82. The van der Waals surface area contributed by atoms with E-state index in [9.17, 15) is 31.9 Å². The predicted octanol–water partition coefficient (Wildman–Crippen LogP) is 6.50. The van der Waals surface area contributed by atoms with Crippen molar-refractivity contribution in [2.45, 2.75) is 12.6 Å². The largest absolute Gasteiger partial charge is 0.478 e. The number of thioether (sulfide) groups is 1. The second-order valence-corrected chi connectivity index (χ2v) is 10.6. The van der Waals surface area contributed by atoms with Gasteiger partial charge in [-0.3, -0.25) is 14.5 Å². The van der Waals surface area contributed by atoms with E-state index in [-0.39, 0.29) is 28.4 Å². The molecule has 13 heteroatoms. The van der Waals surface area contributed by atoms with E-state index < -0.39 is 35.3 Å². The second-order valence-electron chi connectivity index (χ2n) is 7.94. The zero-order chi connectivity index (χ0) is 27.6. The van der Waals surface area contributed by atoms with Gasteiger partial charge in [-0.15, -0.1) is 11.3 Å². The summed E-state index contributed by atoms with van der Waals surface area (Å²) < 4.78 is 53.0. The van der Waals surface area contributed by atoms with Crippen LogP contribution in [0.2, 0.25) is 0 Å². The molecule has 2 N–H and O–H groups in total.